The van der Waals surface area contributed by atoms with Crippen LogP contribution in [0.5, 0.6) is 0 Å². The maximum Gasteiger partial charge on any atom is 0.418 e. The molecule has 8 heteroatoms. The third kappa shape index (κ3) is 3.40. The Morgan fingerprint density at radius 3 is 2.67 bits per heavy atom. The molecule has 2 rings (SSSR count). The molecule has 1 amide bonds. The molecule has 21 heavy (non-hydrogen) atoms. The van der Waals surface area contributed by atoms with Gasteiger partial charge in [0.2, 0.25) is 0 Å². The largest absolute Gasteiger partial charge is 0.418 e. The van der Waals surface area contributed by atoms with Gasteiger partial charge in [-0.05, 0) is 17.7 Å². The number of alkyl halides is 3. The minimum Gasteiger partial charge on any atom is -0.340 e. The molecular weight excluding hydrogens is 285 g/mol. The number of nitrogens with one attached hydrogen (secondary N) is 1. The van der Waals surface area contributed by atoms with Gasteiger partial charge in [-0.1, -0.05) is 6.07 Å². The Morgan fingerprint density at radius 1 is 1.43 bits per heavy atom. The maximum absolute atomic E-state index is 13.0. The fourth-order valence-corrected chi connectivity index (χ4v) is 1.78. The zero-order chi connectivity index (χ0) is 15.6. The number of aromatic nitrogens is 2. The lowest BCUT2D eigenvalue weighted by Crippen LogP contribution is -2.17. The van der Waals surface area contributed by atoms with Crippen molar-refractivity contribution in [1.82, 2.24) is 9.55 Å². The van der Waals surface area contributed by atoms with Crippen molar-refractivity contribution in [3.63, 3.8) is 0 Å². The molecule has 112 valence electrons. The van der Waals surface area contributed by atoms with Crippen LogP contribution in [0.4, 0.5) is 18.9 Å². The Bertz CT molecular complexity index is 664. The number of nitrogens with two attached hydrogens (primary N) is 1. The van der Waals surface area contributed by atoms with Crippen LogP contribution in [0.25, 0.3) is 0 Å². The van der Waals surface area contributed by atoms with Crippen LogP contribution < -0.4 is 11.1 Å². The number of anilines is 1. The number of benzene rings is 1. The second kappa shape index (κ2) is 5.57. The Morgan fingerprint density at radius 2 is 2.14 bits per heavy atom. The number of amides is 1. The topological polar surface area (TPSA) is 72.9 Å². The highest BCUT2D eigenvalue weighted by molar-refractivity contribution is 6.03. The summed E-state index contributed by atoms with van der Waals surface area (Å²) in [6.45, 7) is -0.0163. The zero-order valence-corrected chi connectivity index (χ0v) is 11.1. The van der Waals surface area contributed by atoms with Gasteiger partial charge in [0.1, 0.15) is 5.69 Å². The number of nitrogens with zero attached hydrogens (tertiary/aromatic N) is 2. The summed E-state index contributed by atoms with van der Waals surface area (Å²) < 4.78 is 40.6. The van der Waals surface area contributed by atoms with Crippen LogP contribution in [0.1, 0.15) is 21.6 Å². The first-order valence-electron chi connectivity index (χ1n) is 6.00. The van der Waals surface area contributed by atoms with E-state index in [2.05, 4.69) is 10.3 Å². The molecule has 1 heterocycles. The Kier molecular flexibility index (Phi) is 3.99. The number of aryl methyl sites for hydroxylation is 1. The monoisotopic (exact) mass is 298 g/mol. The molecule has 0 spiro atoms. The molecule has 0 radical (unpaired) electrons. The van der Waals surface area contributed by atoms with Crippen molar-refractivity contribution in [3.05, 3.63) is 47.5 Å². The van der Waals surface area contributed by atoms with Crippen molar-refractivity contribution in [2.24, 2.45) is 12.8 Å². The summed E-state index contributed by atoms with van der Waals surface area (Å²) in [6.07, 6.45) is -1.79. The summed E-state index contributed by atoms with van der Waals surface area (Å²) in [4.78, 5) is 15.7. The Balaban J connectivity index is 2.33. The fraction of sp³-hybridized carbons (Fsp3) is 0.231. The van der Waals surface area contributed by atoms with Gasteiger partial charge in [0.25, 0.3) is 5.91 Å². The first-order chi connectivity index (χ1) is 9.81. The summed E-state index contributed by atoms with van der Waals surface area (Å²) in [5.41, 5.74) is 4.45. The lowest BCUT2D eigenvalue weighted by molar-refractivity contribution is -0.137. The second-order valence-corrected chi connectivity index (χ2v) is 4.46. The summed E-state index contributed by atoms with van der Waals surface area (Å²) in [5.74, 6) is -0.707. The predicted molar refractivity (Wildman–Crippen MR) is 70.5 cm³/mol. The summed E-state index contributed by atoms with van der Waals surface area (Å²) in [6, 6.07) is 3.54. The number of carbonyl (C=O) groups is 1. The van der Waals surface area contributed by atoms with Crippen LogP contribution in [0, 0.1) is 0 Å². The standard InChI is InChI=1S/C13H13F3N4O/c1-20-6-11(18-7-20)12(21)19-10-3-2-8(5-17)4-9(10)13(14,15)16/h2-4,6-7H,5,17H2,1H3,(H,19,21). The number of rotatable bonds is 3. The first kappa shape index (κ1) is 15.0. The van der Waals surface area contributed by atoms with Gasteiger partial charge in [0.15, 0.2) is 0 Å². The number of carbonyl (C=O) groups excluding carboxylic acids is 1. The lowest BCUT2D eigenvalue weighted by Gasteiger charge is -2.14. The summed E-state index contributed by atoms with van der Waals surface area (Å²) >= 11 is 0. The number of hydrogen-bond acceptors (Lipinski definition) is 3. The van der Waals surface area contributed by atoms with E-state index in [0.29, 0.717) is 5.56 Å². The highest BCUT2D eigenvalue weighted by Crippen LogP contribution is 2.35. The molecule has 0 aliphatic rings. The number of hydrogen-bond donors (Lipinski definition) is 2. The van der Waals surface area contributed by atoms with Gasteiger partial charge >= 0.3 is 6.18 Å². The molecule has 5 nitrogen and oxygen atoms in total. The molecule has 0 fully saturated rings. The molecule has 3 N–H and O–H groups in total. The average Bonchev–Trinajstić information content (AvgIpc) is 2.84. The highest BCUT2D eigenvalue weighted by atomic mass is 19.4. The summed E-state index contributed by atoms with van der Waals surface area (Å²) in [7, 11) is 1.65. The molecule has 0 atom stereocenters. The Hall–Kier alpha value is -2.35. The van der Waals surface area contributed by atoms with Crippen molar-refractivity contribution >= 4 is 11.6 Å². The summed E-state index contributed by atoms with van der Waals surface area (Å²) in [5, 5.41) is 2.22. The van der Waals surface area contributed by atoms with Gasteiger partial charge in [0.05, 0.1) is 17.6 Å². The van der Waals surface area contributed by atoms with E-state index >= 15 is 0 Å². The van der Waals surface area contributed by atoms with Gasteiger partial charge in [-0.25, -0.2) is 4.98 Å². The van der Waals surface area contributed by atoms with Crippen LogP contribution in [0.2, 0.25) is 0 Å². The second-order valence-electron chi connectivity index (χ2n) is 4.46. The van der Waals surface area contributed by atoms with Crippen LogP contribution in [-0.2, 0) is 19.8 Å². The quantitative estimate of drug-likeness (QED) is 0.912. The van der Waals surface area contributed by atoms with E-state index in [4.69, 9.17) is 5.73 Å². The van der Waals surface area contributed by atoms with Gasteiger partial charge in [0, 0.05) is 19.8 Å². The maximum atomic E-state index is 13.0. The minimum absolute atomic E-state index is 0.0163. The van der Waals surface area contributed by atoms with E-state index in [1.807, 2.05) is 0 Å². The van der Waals surface area contributed by atoms with Crippen LogP contribution in [0.15, 0.2) is 30.7 Å². The normalized spacial score (nSPS) is 11.5. The molecular formula is C13H13F3N4O. The van der Waals surface area contributed by atoms with Gasteiger partial charge < -0.3 is 15.6 Å². The Labute approximate surface area is 118 Å². The molecule has 0 bridgehead atoms. The third-order valence-electron chi connectivity index (χ3n) is 2.81. The smallest absolute Gasteiger partial charge is 0.340 e. The molecule has 0 unspecified atom stereocenters. The van der Waals surface area contributed by atoms with Crippen LogP contribution in [-0.4, -0.2) is 15.5 Å². The van der Waals surface area contributed by atoms with Crippen molar-refractivity contribution in [2.45, 2.75) is 12.7 Å². The zero-order valence-electron chi connectivity index (χ0n) is 11.1. The molecule has 0 saturated heterocycles. The van der Waals surface area contributed by atoms with E-state index in [1.165, 1.54) is 29.2 Å². The van der Waals surface area contributed by atoms with Crippen molar-refractivity contribution in [3.8, 4) is 0 Å². The predicted octanol–water partition coefficient (Wildman–Crippen LogP) is 2.15. The molecule has 0 saturated carbocycles. The first-order valence-corrected chi connectivity index (χ1v) is 6.00. The molecule has 1 aromatic carbocycles. The fourth-order valence-electron chi connectivity index (χ4n) is 1.78. The van der Waals surface area contributed by atoms with Gasteiger partial charge in [-0.3, -0.25) is 4.79 Å². The van der Waals surface area contributed by atoms with Crippen LogP contribution in [0.3, 0.4) is 0 Å². The van der Waals surface area contributed by atoms with E-state index in [0.717, 1.165) is 6.07 Å². The molecule has 2 aromatic rings. The molecule has 0 aliphatic carbocycles. The number of imidazole rings is 1. The van der Waals surface area contributed by atoms with Gasteiger partial charge in [-0.2, -0.15) is 13.2 Å². The van der Waals surface area contributed by atoms with Gasteiger partial charge in [-0.15, -0.1) is 0 Å². The van der Waals surface area contributed by atoms with E-state index < -0.39 is 17.6 Å². The van der Waals surface area contributed by atoms with E-state index in [1.54, 1.807) is 7.05 Å². The molecule has 1 aromatic heterocycles. The van der Waals surface area contributed by atoms with Crippen molar-refractivity contribution in [1.29, 1.82) is 0 Å². The van der Waals surface area contributed by atoms with E-state index in [-0.39, 0.29) is 17.9 Å². The van der Waals surface area contributed by atoms with Crippen LogP contribution >= 0.6 is 0 Å². The third-order valence-corrected chi connectivity index (χ3v) is 2.81. The minimum atomic E-state index is -4.59. The van der Waals surface area contributed by atoms with Crippen molar-refractivity contribution < 1.29 is 18.0 Å². The molecule has 0 aliphatic heterocycles. The number of halogens is 3. The van der Waals surface area contributed by atoms with Crippen molar-refractivity contribution in [2.75, 3.05) is 5.32 Å². The van der Waals surface area contributed by atoms with E-state index in [9.17, 15) is 18.0 Å². The average molecular weight is 298 g/mol. The lowest BCUT2D eigenvalue weighted by atomic mass is 10.1. The highest BCUT2D eigenvalue weighted by Gasteiger charge is 2.34. The SMILES string of the molecule is Cn1cnc(C(=O)Nc2ccc(CN)cc2C(F)(F)F)c1.